The fourth-order valence-corrected chi connectivity index (χ4v) is 3.75. The minimum Gasteiger partial charge on any atom is -0.493 e. The third-order valence-corrected chi connectivity index (χ3v) is 5.59. The van der Waals surface area contributed by atoms with Crippen molar-refractivity contribution in [1.82, 2.24) is 15.8 Å². The van der Waals surface area contributed by atoms with Crippen molar-refractivity contribution in [3.63, 3.8) is 0 Å². The Balaban J connectivity index is 1.64. The van der Waals surface area contributed by atoms with E-state index in [1.54, 1.807) is 50.0 Å². The number of amides is 2. The molecule has 0 atom stereocenters. The standard InChI is InChI=1S/C27H25N3O5/c1-34-23-13-12-20(14-24(23)35-2)21-15-22(18-6-4-3-5-7-18)29-25(21)27(32)28-16-17-8-10-19(11-9-17)26(31)30-33/h3-15,29,33H,16H2,1-2H3,(H,28,32)(H,30,31). The van der Waals surface area contributed by atoms with Gasteiger partial charge in [-0.2, -0.15) is 0 Å². The van der Waals surface area contributed by atoms with E-state index < -0.39 is 5.91 Å². The smallest absolute Gasteiger partial charge is 0.274 e. The molecular weight excluding hydrogens is 446 g/mol. The number of hydrogen-bond donors (Lipinski definition) is 4. The number of H-pyrrole nitrogens is 1. The van der Waals surface area contributed by atoms with Crippen LogP contribution < -0.4 is 20.3 Å². The number of methoxy groups -OCH3 is 2. The van der Waals surface area contributed by atoms with Crippen LogP contribution in [0, 0.1) is 0 Å². The number of nitrogens with one attached hydrogen (secondary N) is 3. The zero-order valence-corrected chi connectivity index (χ0v) is 19.3. The van der Waals surface area contributed by atoms with E-state index in [0.717, 1.165) is 27.9 Å². The first kappa shape index (κ1) is 23.6. The van der Waals surface area contributed by atoms with Gasteiger partial charge in [0.15, 0.2) is 11.5 Å². The Bertz CT molecular complexity index is 1330. The molecule has 8 nitrogen and oxygen atoms in total. The van der Waals surface area contributed by atoms with E-state index in [9.17, 15) is 9.59 Å². The van der Waals surface area contributed by atoms with Crippen LogP contribution in [0.1, 0.15) is 26.4 Å². The van der Waals surface area contributed by atoms with Gasteiger partial charge in [0.05, 0.1) is 14.2 Å². The van der Waals surface area contributed by atoms with Crippen LogP contribution in [0.5, 0.6) is 11.5 Å². The summed E-state index contributed by atoms with van der Waals surface area (Å²) in [6, 6.07) is 23.8. The highest BCUT2D eigenvalue weighted by Crippen LogP contribution is 2.35. The first-order valence-electron chi connectivity index (χ1n) is 10.9. The van der Waals surface area contributed by atoms with Gasteiger partial charge in [-0.1, -0.05) is 48.5 Å². The lowest BCUT2D eigenvalue weighted by molar-refractivity contribution is 0.0706. The lowest BCUT2D eigenvalue weighted by atomic mass is 10.0. The van der Waals surface area contributed by atoms with Crippen LogP contribution in [0.25, 0.3) is 22.4 Å². The molecule has 0 aliphatic rings. The molecule has 0 saturated heterocycles. The van der Waals surface area contributed by atoms with Crippen molar-refractivity contribution in [3.05, 3.63) is 95.7 Å². The molecule has 0 unspecified atom stereocenters. The molecule has 1 heterocycles. The number of ether oxygens (including phenoxy) is 2. The molecule has 8 heteroatoms. The van der Waals surface area contributed by atoms with E-state index in [0.29, 0.717) is 22.8 Å². The van der Waals surface area contributed by atoms with Gasteiger partial charge in [-0.25, -0.2) is 5.48 Å². The summed E-state index contributed by atoms with van der Waals surface area (Å²) < 4.78 is 10.8. The highest BCUT2D eigenvalue weighted by molar-refractivity contribution is 6.01. The molecule has 0 spiro atoms. The van der Waals surface area contributed by atoms with E-state index >= 15 is 0 Å². The average molecular weight is 472 g/mol. The van der Waals surface area contributed by atoms with E-state index in [1.807, 2.05) is 48.5 Å². The molecule has 35 heavy (non-hydrogen) atoms. The maximum absolute atomic E-state index is 13.3. The Hall–Kier alpha value is -4.56. The number of carbonyl (C=O) groups excluding carboxylic acids is 2. The SMILES string of the molecule is COc1ccc(-c2cc(-c3ccccc3)[nH]c2C(=O)NCc2ccc(C(=O)NO)cc2)cc1OC. The third-order valence-electron chi connectivity index (χ3n) is 5.59. The van der Waals surface area contributed by atoms with Crippen LogP contribution in [0.3, 0.4) is 0 Å². The summed E-state index contributed by atoms with van der Waals surface area (Å²) in [5.74, 6) is 0.277. The number of aromatic amines is 1. The number of aromatic nitrogens is 1. The minimum absolute atomic E-state index is 0.255. The van der Waals surface area contributed by atoms with Crippen molar-refractivity contribution in [1.29, 1.82) is 0 Å². The summed E-state index contributed by atoms with van der Waals surface area (Å²) >= 11 is 0. The Morgan fingerprint density at radius 1 is 0.829 bits per heavy atom. The fourth-order valence-electron chi connectivity index (χ4n) is 3.75. The van der Waals surface area contributed by atoms with Gasteiger partial charge in [-0.3, -0.25) is 14.8 Å². The second-order valence-electron chi connectivity index (χ2n) is 7.73. The number of hydrogen-bond acceptors (Lipinski definition) is 5. The molecule has 0 aliphatic heterocycles. The topological polar surface area (TPSA) is 113 Å². The largest absolute Gasteiger partial charge is 0.493 e. The average Bonchev–Trinajstić information content (AvgIpc) is 3.37. The van der Waals surface area contributed by atoms with Gasteiger partial charge >= 0.3 is 0 Å². The van der Waals surface area contributed by atoms with Crippen molar-refractivity contribution in [3.8, 4) is 33.9 Å². The predicted molar refractivity (Wildman–Crippen MR) is 132 cm³/mol. The quantitative estimate of drug-likeness (QED) is 0.225. The highest BCUT2D eigenvalue weighted by Gasteiger charge is 2.19. The lowest BCUT2D eigenvalue weighted by Gasteiger charge is -2.11. The Morgan fingerprint density at radius 2 is 1.54 bits per heavy atom. The molecule has 0 saturated carbocycles. The molecule has 0 bridgehead atoms. The molecule has 4 aromatic rings. The summed E-state index contributed by atoms with van der Waals surface area (Å²) in [5.41, 5.74) is 6.39. The molecule has 178 valence electrons. The summed E-state index contributed by atoms with van der Waals surface area (Å²) in [4.78, 5) is 28.0. The molecule has 0 aliphatic carbocycles. The van der Waals surface area contributed by atoms with Gasteiger partial charge in [-0.05, 0) is 47.0 Å². The van der Waals surface area contributed by atoms with E-state index in [1.165, 1.54) is 0 Å². The number of benzene rings is 3. The Kier molecular flexibility index (Phi) is 7.13. The summed E-state index contributed by atoms with van der Waals surface area (Å²) in [6.07, 6.45) is 0. The van der Waals surface area contributed by atoms with Crippen LogP contribution >= 0.6 is 0 Å². The normalized spacial score (nSPS) is 10.5. The molecule has 2 amide bonds. The third kappa shape index (κ3) is 5.18. The maximum atomic E-state index is 13.3. The summed E-state index contributed by atoms with van der Waals surface area (Å²) in [5, 5.41) is 11.7. The highest BCUT2D eigenvalue weighted by atomic mass is 16.5. The van der Waals surface area contributed by atoms with Crippen LogP contribution in [0.2, 0.25) is 0 Å². The van der Waals surface area contributed by atoms with Crippen molar-refractivity contribution < 1.29 is 24.3 Å². The summed E-state index contributed by atoms with van der Waals surface area (Å²) in [7, 11) is 3.14. The van der Waals surface area contributed by atoms with Crippen LogP contribution in [-0.4, -0.2) is 36.2 Å². The lowest BCUT2D eigenvalue weighted by Crippen LogP contribution is -2.24. The van der Waals surface area contributed by atoms with Crippen LogP contribution in [0.4, 0.5) is 0 Å². The van der Waals surface area contributed by atoms with Crippen molar-refractivity contribution in [2.24, 2.45) is 0 Å². The van der Waals surface area contributed by atoms with Crippen molar-refractivity contribution in [2.45, 2.75) is 6.54 Å². The van der Waals surface area contributed by atoms with Gasteiger partial charge in [0.2, 0.25) is 0 Å². The van der Waals surface area contributed by atoms with Crippen LogP contribution in [-0.2, 0) is 6.54 Å². The molecule has 4 N–H and O–H groups in total. The number of rotatable bonds is 8. The van der Waals surface area contributed by atoms with Gasteiger partial charge in [0.25, 0.3) is 11.8 Å². The first-order valence-corrected chi connectivity index (χ1v) is 10.9. The zero-order chi connectivity index (χ0) is 24.8. The van der Waals surface area contributed by atoms with Crippen molar-refractivity contribution in [2.75, 3.05) is 14.2 Å². The molecule has 0 radical (unpaired) electrons. The number of carbonyl (C=O) groups is 2. The maximum Gasteiger partial charge on any atom is 0.274 e. The second-order valence-corrected chi connectivity index (χ2v) is 7.73. The monoisotopic (exact) mass is 471 g/mol. The van der Waals surface area contributed by atoms with E-state index in [-0.39, 0.29) is 12.5 Å². The zero-order valence-electron chi connectivity index (χ0n) is 19.3. The number of hydroxylamine groups is 1. The van der Waals surface area contributed by atoms with Gasteiger partial charge in [0.1, 0.15) is 5.69 Å². The fraction of sp³-hybridized carbons (Fsp3) is 0.111. The molecule has 0 fully saturated rings. The van der Waals surface area contributed by atoms with Gasteiger partial charge in [-0.15, -0.1) is 0 Å². The Morgan fingerprint density at radius 3 is 2.20 bits per heavy atom. The van der Waals surface area contributed by atoms with E-state index in [4.69, 9.17) is 14.7 Å². The second kappa shape index (κ2) is 10.6. The molecule has 4 rings (SSSR count). The Labute approximate surface area is 202 Å². The van der Waals surface area contributed by atoms with Crippen LogP contribution in [0.15, 0.2) is 78.9 Å². The minimum atomic E-state index is -0.597. The van der Waals surface area contributed by atoms with Gasteiger partial charge < -0.3 is 19.8 Å². The predicted octanol–water partition coefficient (Wildman–Crippen LogP) is 4.41. The van der Waals surface area contributed by atoms with Crippen molar-refractivity contribution >= 4 is 11.8 Å². The molecule has 3 aromatic carbocycles. The summed E-state index contributed by atoms with van der Waals surface area (Å²) in [6.45, 7) is 0.255. The van der Waals surface area contributed by atoms with E-state index in [2.05, 4.69) is 10.3 Å². The molecule has 1 aromatic heterocycles. The molecular formula is C27H25N3O5. The van der Waals surface area contributed by atoms with Gasteiger partial charge in [0, 0.05) is 23.4 Å². The first-order chi connectivity index (χ1) is 17.0.